The lowest BCUT2D eigenvalue weighted by Gasteiger charge is -2.23. The van der Waals surface area contributed by atoms with Crippen molar-refractivity contribution in [3.63, 3.8) is 0 Å². The lowest BCUT2D eigenvalue weighted by atomic mass is 9.82. The molecule has 0 saturated carbocycles. The number of rotatable bonds is 11. The van der Waals surface area contributed by atoms with Crippen LogP contribution < -0.4 is 9.47 Å². The Balaban J connectivity index is 1.40. The van der Waals surface area contributed by atoms with Gasteiger partial charge in [-0.1, -0.05) is 43.7 Å². The van der Waals surface area contributed by atoms with Gasteiger partial charge in [0.05, 0.1) is 13.2 Å². The van der Waals surface area contributed by atoms with Crippen molar-refractivity contribution in [3.8, 4) is 11.5 Å². The first-order valence-electron chi connectivity index (χ1n) is 13.5. The minimum Gasteiger partial charge on any atom is -0.491 e. The summed E-state index contributed by atoms with van der Waals surface area (Å²) in [7, 11) is 0. The summed E-state index contributed by atoms with van der Waals surface area (Å²) in [6, 6.07) is 10.8. The topological polar surface area (TPSA) is 18.5 Å². The van der Waals surface area contributed by atoms with Crippen LogP contribution in [0.25, 0.3) is 5.57 Å². The number of allylic oxidation sites excluding steroid dienone is 2. The molecule has 7 heteroatoms. The van der Waals surface area contributed by atoms with E-state index in [0.717, 1.165) is 24.0 Å². The van der Waals surface area contributed by atoms with E-state index in [1.807, 2.05) is 19.1 Å². The van der Waals surface area contributed by atoms with Gasteiger partial charge in [-0.2, -0.15) is 8.78 Å². The Morgan fingerprint density at radius 1 is 0.769 bits per heavy atom. The molecule has 1 unspecified atom stereocenters. The number of ether oxygens (including phenoxy) is 2. The van der Waals surface area contributed by atoms with Gasteiger partial charge in [-0.25, -0.2) is 13.2 Å². The van der Waals surface area contributed by atoms with Gasteiger partial charge in [0.25, 0.3) is 0 Å². The van der Waals surface area contributed by atoms with Crippen molar-refractivity contribution in [2.24, 2.45) is 0 Å². The van der Waals surface area contributed by atoms with E-state index >= 15 is 0 Å². The number of benzene rings is 3. The van der Waals surface area contributed by atoms with E-state index in [2.05, 4.69) is 0 Å². The Morgan fingerprint density at radius 2 is 1.46 bits per heavy atom. The highest BCUT2D eigenvalue weighted by atomic mass is 19.2. The minimum atomic E-state index is -1.02. The summed E-state index contributed by atoms with van der Waals surface area (Å²) < 4.78 is 83.2. The van der Waals surface area contributed by atoms with Crippen molar-refractivity contribution in [1.29, 1.82) is 0 Å². The largest absolute Gasteiger partial charge is 0.491 e. The zero-order valence-corrected chi connectivity index (χ0v) is 22.3. The van der Waals surface area contributed by atoms with Gasteiger partial charge < -0.3 is 9.47 Å². The van der Waals surface area contributed by atoms with E-state index in [4.69, 9.17) is 9.47 Å². The second-order valence-corrected chi connectivity index (χ2v) is 9.77. The van der Waals surface area contributed by atoms with E-state index in [1.165, 1.54) is 24.3 Å². The molecule has 0 radical (unpaired) electrons. The molecule has 1 atom stereocenters. The first kappa shape index (κ1) is 28.7. The van der Waals surface area contributed by atoms with Crippen molar-refractivity contribution in [2.75, 3.05) is 13.2 Å². The SMILES string of the molecule is CCCCOc1ccc(CCc2ccc(C3=CCC(c4ccc(OCC)c(F)c4F)CC3)cc2F)c(F)c1F. The van der Waals surface area contributed by atoms with Crippen LogP contribution in [0.1, 0.15) is 74.1 Å². The summed E-state index contributed by atoms with van der Waals surface area (Å²) in [5.74, 6) is -4.64. The molecule has 1 aliphatic carbocycles. The molecule has 3 aromatic rings. The molecule has 0 bridgehead atoms. The van der Waals surface area contributed by atoms with Gasteiger partial charge >= 0.3 is 0 Å². The third-order valence-electron chi connectivity index (χ3n) is 7.20. The van der Waals surface area contributed by atoms with Crippen molar-refractivity contribution >= 4 is 5.57 Å². The zero-order chi connectivity index (χ0) is 27.9. The predicted molar refractivity (Wildman–Crippen MR) is 143 cm³/mol. The zero-order valence-electron chi connectivity index (χ0n) is 22.3. The van der Waals surface area contributed by atoms with Gasteiger partial charge in [0.1, 0.15) is 5.82 Å². The van der Waals surface area contributed by atoms with Crippen LogP contribution in [-0.4, -0.2) is 13.2 Å². The molecule has 1 aliphatic rings. The average Bonchev–Trinajstić information content (AvgIpc) is 2.94. The van der Waals surface area contributed by atoms with Gasteiger partial charge in [0, 0.05) is 0 Å². The highest BCUT2D eigenvalue weighted by Gasteiger charge is 2.24. The molecule has 0 N–H and O–H groups in total. The molecule has 0 heterocycles. The first-order chi connectivity index (χ1) is 18.8. The molecular formula is C32H33F5O2. The summed E-state index contributed by atoms with van der Waals surface area (Å²) in [6.07, 6.45) is 5.62. The standard InChI is InChI=1S/C32H33F5O2/c1-3-5-18-39-28-16-14-23(29(34)31(28)36)12-10-22-11-13-24(19-26(22)33)20-6-8-21(9-7-20)25-15-17-27(38-4-2)32(37)30(25)35/h6,11,13-17,19,21H,3-5,7-10,12,18H2,1-2H3. The third-order valence-corrected chi connectivity index (χ3v) is 7.20. The summed E-state index contributed by atoms with van der Waals surface area (Å²) in [6.45, 7) is 4.25. The van der Waals surface area contributed by atoms with Crippen LogP contribution in [0.2, 0.25) is 0 Å². The number of hydrogen-bond acceptors (Lipinski definition) is 2. The van der Waals surface area contributed by atoms with E-state index < -0.39 is 29.1 Å². The Kier molecular flexibility index (Phi) is 9.65. The molecule has 0 fully saturated rings. The maximum Gasteiger partial charge on any atom is 0.200 e. The number of unbranched alkanes of at least 4 members (excludes halogenated alkanes) is 1. The van der Waals surface area contributed by atoms with E-state index in [0.29, 0.717) is 37.0 Å². The molecular weight excluding hydrogens is 511 g/mol. The van der Waals surface area contributed by atoms with E-state index in [1.54, 1.807) is 19.1 Å². The van der Waals surface area contributed by atoms with Gasteiger partial charge in [0.2, 0.25) is 11.6 Å². The summed E-state index contributed by atoms with van der Waals surface area (Å²) >= 11 is 0. The highest BCUT2D eigenvalue weighted by Crippen LogP contribution is 2.39. The Hall–Kier alpha value is -3.35. The molecule has 2 nitrogen and oxygen atoms in total. The third kappa shape index (κ3) is 6.63. The van der Waals surface area contributed by atoms with Crippen LogP contribution >= 0.6 is 0 Å². The molecule has 0 aliphatic heterocycles. The molecule has 0 amide bonds. The van der Waals surface area contributed by atoms with Crippen LogP contribution in [0.15, 0.2) is 48.5 Å². The Morgan fingerprint density at radius 3 is 2.15 bits per heavy atom. The summed E-state index contributed by atoms with van der Waals surface area (Å²) in [4.78, 5) is 0. The molecule has 4 rings (SSSR count). The Bertz CT molecular complexity index is 1330. The van der Waals surface area contributed by atoms with Gasteiger partial charge in [-0.15, -0.1) is 0 Å². The number of hydrogen-bond donors (Lipinski definition) is 0. The quantitative estimate of drug-likeness (QED) is 0.177. The second kappa shape index (κ2) is 13.1. The van der Waals surface area contributed by atoms with E-state index in [-0.39, 0.29) is 42.4 Å². The fourth-order valence-electron chi connectivity index (χ4n) is 4.93. The molecule has 39 heavy (non-hydrogen) atoms. The Labute approximate surface area is 226 Å². The summed E-state index contributed by atoms with van der Waals surface area (Å²) in [5, 5.41) is 0. The lowest BCUT2D eigenvalue weighted by Crippen LogP contribution is -2.09. The van der Waals surface area contributed by atoms with Gasteiger partial charge in [-0.3, -0.25) is 0 Å². The molecule has 0 aromatic heterocycles. The van der Waals surface area contributed by atoms with Gasteiger partial charge in [0.15, 0.2) is 23.1 Å². The first-order valence-corrected chi connectivity index (χ1v) is 13.5. The maximum atomic E-state index is 14.9. The minimum absolute atomic E-state index is 0.0948. The molecule has 0 spiro atoms. The fourth-order valence-corrected chi connectivity index (χ4v) is 4.93. The van der Waals surface area contributed by atoms with Crippen molar-refractivity contribution in [2.45, 2.75) is 64.7 Å². The van der Waals surface area contributed by atoms with Crippen LogP contribution in [0.5, 0.6) is 11.5 Å². The monoisotopic (exact) mass is 544 g/mol. The van der Waals surface area contributed by atoms with Crippen LogP contribution in [0.3, 0.4) is 0 Å². The maximum absolute atomic E-state index is 14.9. The normalized spacial score (nSPS) is 15.3. The second-order valence-electron chi connectivity index (χ2n) is 9.77. The fraction of sp³-hybridized carbons (Fsp3) is 0.375. The highest BCUT2D eigenvalue weighted by molar-refractivity contribution is 5.67. The summed E-state index contributed by atoms with van der Waals surface area (Å²) in [5.41, 5.74) is 2.55. The van der Waals surface area contributed by atoms with Crippen molar-refractivity contribution in [3.05, 3.63) is 99.9 Å². The molecule has 0 saturated heterocycles. The number of aryl methyl sites for hydroxylation is 2. The predicted octanol–water partition coefficient (Wildman–Crippen LogP) is 9.10. The van der Waals surface area contributed by atoms with Crippen LogP contribution in [0.4, 0.5) is 22.0 Å². The molecule has 3 aromatic carbocycles. The van der Waals surface area contributed by atoms with Crippen molar-refractivity contribution in [1.82, 2.24) is 0 Å². The van der Waals surface area contributed by atoms with E-state index in [9.17, 15) is 22.0 Å². The smallest absolute Gasteiger partial charge is 0.200 e. The van der Waals surface area contributed by atoms with Gasteiger partial charge in [-0.05, 0) is 97.4 Å². The molecule has 208 valence electrons. The number of halogens is 5. The van der Waals surface area contributed by atoms with Crippen LogP contribution in [-0.2, 0) is 12.8 Å². The lowest BCUT2D eigenvalue weighted by molar-refractivity contribution is 0.288. The van der Waals surface area contributed by atoms with Crippen molar-refractivity contribution < 1.29 is 31.4 Å². The van der Waals surface area contributed by atoms with Crippen LogP contribution in [0, 0.1) is 29.1 Å². The average molecular weight is 545 g/mol.